The van der Waals surface area contributed by atoms with Crippen molar-refractivity contribution in [3.8, 4) is 5.75 Å². The normalized spacial score (nSPS) is 27.5. The standard InChI is InChI=1S/C22H25FN2O4S/c1-14-4-5-15(11-16(14)23)29-13-19(27)24-22-8-6-21(7-9-22,12-18(22)26)25-20(28)17-3-2-10-30-17/h2-5,10-11,18,26H,6-9,12-13H2,1H3,(H,24,27)(H,25,28). The van der Waals surface area contributed by atoms with Crippen molar-refractivity contribution >= 4 is 23.2 Å². The van der Waals surface area contributed by atoms with Crippen LogP contribution in [0.15, 0.2) is 35.7 Å². The smallest absolute Gasteiger partial charge is 0.261 e. The number of benzene rings is 1. The molecule has 8 heteroatoms. The first-order valence-corrected chi connectivity index (χ1v) is 10.9. The lowest BCUT2D eigenvalue weighted by atomic mass is 9.60. The molecule has 0 saturated heterocycles. The highest BCUT2D eigenvalue weighted by molar-refractivity contribution is 7.12. The van der Waals surface area contributed by atoms with E-state index in [9.17, 15) is 19.1 Å². The van der Waals surface area contributed by atoms with Gasteiger partial charge in [-0.15, -0.1) is 11.3 Å². The average Bonchev–Trinajstić information content (AvgIpc) is 3.25. The number of fused-ring (bicyclic) bond motifs is 3. The van der Waals surface area contributed by atoms with Crippen LogP contribution in [0.2, 0.25) is 0 Å². The second-order valence-corrected chi connectivity index (χ2v) is 9.28. The predicted octanol–water partition coefficient (Wildman–Crippen LogP) is 2.94. The molecule has 5 rings (SSSR count). The molecule has 3 saturated carbocycles. The number of ether oxygens (including phenoxy) is 1. The zero-order valence-corrected chi connectivity index (χ0v) is 17.6. The van der Waals surface area contributed by atoms with Crippen LogP contribution < -0.4 is 15.4 Å². The van der Waals surface area contributed by atoms with Crippen LogP contribution in [0.1, 0.15) is 47.3 Å². The summed E-state index contributed by atoms with van der Waals surface area (Å²) in [6, 6.07) is 8.08. The van der Waals surface area contributed by atoms with Gasteiger partial charge in [0.2, 0.25) is 0 Å². The highest BCUT2D eigenvalue weighted by Gasteiger charge is 2.55. The van der Waals surface area contributed by atoms with Crippen molar-refractivity contribution in [2.45, 2.75) is 56.2 Å². The number of rotatable bonds is 6. The van der Waals surface area contributed by atoms with E-state index in [-0.39, 0.29) is 30.0 Å². The van der Waals surface area contributed by atoms with E-state index in [0.717, 1.165) is 0 Å². The molecule has 2 aromatic rings. The average molecular weight is 433 g/mol. The molecule has 1 aromatic heterocycles. The van der Waals surface area contributed by atoms with Crippen LogP contribution in [0.4, 0.5) is 4.39 Å². The molecule has 3 fully saturated rings. The lowest BCUT2D eigenvalue weighted by Crippen LogP contribution is -2.70. The molecule has 2 bridgehead atoms. The van der Waals surface area contributed by atoms with Gasteiger partial charge in [-0.1, -0.05) is 12.1 Å². The number of aliphatic hydroxyl groups excluding tert-OH is 1. The van der Waals surface area contributed by atoms with Crippen LogP contribution in [0.3, 0.4) is 0 Å². The fraction of sp³-hybridized carbons (Fsp3) is 0.455. The Morgan fingerprint density at radius 2 is 2.00 bits per heavy atom. The molecule has 3 N–H and O–H groups in total. The fourth-order valence-electron chi connectivity index (χ4n) is 4.50. The van der Waals surface area contributed by atoms with E-state index >= 15 is 0 Å². The number of thiophene rings is 1. The molecule has 160 valence electrons. The predicted molar refractivity (Wildman–Crippen MR) is 111 cm³/mol. The first-order valence-electron chi connectivity index (χ1n) is 10.0. The van der Waals surface area contributed by atoms with Crippen molar-refractivity contribution in [1.82, 2.24) is 10.6 Å². The number of hydrogen-bond acceptors (Lipinski definition) is 5. The van der Waals surface area contributed by atoms with E-state index in [1.807, 2.05) is 11.4 Å². The molecule has 2 amide bonds. The fourth-order valence-corrected chi connectivity index (χ4v) is 5.12. The third kappa shape index (κ3) is 4.06. The monoisotopic (exact) mass is 432 g/mol. The zero-order chi connectivity index (χ0) is 21.4. The summed E-state index contributed by atoms with van der Waals surface area (Å²) in [5, 5.41) is 18.7. The molecule has 1 atom stereocenters. The molecule has 6 nitrogen and oxygen atoms in total. The molecular weight excluding hydrogens is 407 g/mol. The first-order chi connectivity index (χ1) is 14.3. The van der Waals surface area contributed by atoms with Gasteiger partial charge < -0.3 is 20.5 Å². The first kappa shape index (κ1) is 20.8. The summed E-state index contributed by atoms with van der Waals surface area (Å²) >= 11 is 1.39. The molecule has 1 unspecified atom stereocenters. The topological polar surface area (TPSA) is 87.7 Å². The van der Waals surface area contributed by atoms with Gasteiger partial charge in [0.15, 0.2) is 6.61 Å². The van der Waals surface area contributed by atoms with Gasteiger partial charge in [0.25, 0.3) is 11.8 Å². The SMILES string of the molecule is Cc1ccc(OCC(=O)NC23CCC(NC(=O)c4cccs4)(CC2)CC3O)cc1F. The number of hydrogen-bond donors (Lipinski definition) is 3. The highest BCUT2D eigenvalue weighted by atomic mass is 32.1. The van der Waals surface area contributed by atoms with E-state index in [0.29, 0.717) is 42.5 Å². The summed E-state index contributed by atoms with van der Waals surface area (Å²) in [5.41, 5.74) is -0.648. The number of amides is 2. The Hall–Kier alpha value is -2.45. The van der Waals surface area contributed by atoms with Gasteiger partial charge in [-0.05, 0) is 62.1 Å². The molecule has 3 aliphatic rings. The van der Waals surface area contributed by atoms with Crippen LogP contribution in [0.25, 0.3) is 0 Å². The second kappa shape index (κ2) is 8.00. The van der Waals surface area contributed by atoms with E-state index in [1.54, 1.807) is 25.1 Å². The largest absolute Gasteiger partial charge is 0.484 e. The maximum atomic E-state index is 13.6. The summed E-state index contributed by atoms with van der Waals surface area (Å²) < 4.78 is 19.0. The highest BCUT2D eigenvalue weighted by Crippen LogP contribution is 2.47. The summed E-state index contributed by atoms with van der Waals surface area (Å²) in [6.45, 7) is 1.40. The van der Waals surface area contributed by atoms with Crippen molar-refractivity contribution in [2.75, 3.05) is 6.61 Å². The van der Waals surface area contributed by atoms with Gasteiger partial charge in [0.1, 0.15) is 11.6 Å². The Labute approximate surface area is 178 Å². The van der Waals surface area contributed by atoms with Crippen LogP contribution in [0.5, 0.6) is 5.75 Å². The summed E-state index contributed by atoms with van der Waals surface area (Å²) in [5.74, 6) is -0.572. The summed E-state index contributed by atoms with van der Waals surface area (Å²) in [4.78, 5) is 25.6. The van der Waals surface area contributed by atoms with Gasteiger partial charge in [0.05, 0.1) is 16.5 Å². The van der Waals surface area contributed by atoms with Gasteiger partial charge in [-0.2, -0.15) is 0 Å². The minimum Gasteiger partial charge on any atom is -0.484 e. The Kier molecular flexibility index (Phi) is 5.55. The van der Waals surface area contributed by atoms with Gasteiger partial charge in [-0.3, -0.25) is 9.59 Å². The van der Waals surface area contributed by atoms with E-state index in [4.69, 9.17) is 4.74 Å². The van der Waals surface area contributed by atoms with Crippen molar-refractivity contribution in [3.05, 3.63) is 52.0 Å². The Morgan fingerprint density at radius 3 is 2.63 bits per heavy atom. The Balaban J connectivity index is 1.34. The maximum Gasteiger partial charge on any atom is 0.261 e. The Bertz CT molecular complexity index is 939. The van der Waals surface area contributed by atoms with Crippen molar-refractivity contribution < 1.29 is 23.8 Å². The van der Waals surface area contributed by atoms with Crippen LogP contribution in [-0.2, 0) is 4.79 Å². The third-order valence-electron chi connectivity index (χ3n) is 6.35. The number of carbonyl (C=O) groups excluding carboxylic acids is 2. The van der Waals surface area contributed by atoms with Crippen molar-refractivity contribution in [2.24, 2.45) is 0 Å². The van der Waals surface area contributed by atoms with Crippen molar-refractivity contribution in [3.63, 3.8) is 0 Å². The number of halogens is 1. The van der Waals surface area contributed by atoms with Gasteiger partial charge in [0, 0.05) is 11.6 Å². The third-order valence-corrected chi connectivity index (χ3v) is 7.22. The molecule has 0 aliphatic heterocycles. The lowest BCUT2D eigenvalue weighted by Gasteiger charge is -2.56. The minimum atomic E-state index is -0.760. The minimum absolute atomic E-state index is 0.116. The lowest BCUT2D eigenvalue weighted by molar-refractivity contribution is -0.132. The molecule has 0 spiro atoms. The zero-order valence-electron chi connectivity index (χ0n) is 16.7. The number of nitrogens with one attached hydrogen (secondary N) is 2. The quantitative estimate of drug-likeness (QED) is 0.655. The number of carbonyl (C=O) groups is 2. The van der Waals surface area contributed by atoms with E-state index in [1.165, 1.54) is 17.4 Å². The van der Waals surface area contributed by atoms with Crippen LogP contribution in [0, 0.1) is 12.7 Å². The summed E-state index contributed by atoms with van der Waals surface area (Å²) in [6.07, 6.45) is 2.16. The summed E-state index contributed by atoms with van der Waals surface area (Å²) in [7, 11) is 0. The molecule has 30 heavy (non-hydrogen) atoms. The number of aliphatic hydroxyl groups is 1. The van der Waals surface area contributed by atoms with E-state index in [2.05, 4.69) is 10.6 Å². The molecule has 3 aliphatic carbocycles. The number of aryl methyl sites for hydroxylation is 1. The van der Waals surface area contributed by atoms with Gasteiger partial charge in [-0.25, -0.2) is 4.39 Å². The molecule has 1 heterocycles. The molecule has 1 aromatic carbocycles. The second-order valence-electron chi connectivity index (χ2n) is 8.34. The molecular formula is C22H25FN2O4S. The van der Waals surface area contributed by atoms with Crippen molar-refractivity contribution in [1.29, 1.82) is 0 Å². The maximum absolute atomic E-state index is 13.6. The van der Waals surface area contributed by atoms with Crippen LogP contribution in [-0.4, -0.2) is 40.7 Å². The van der Waals surface area contributed by atoms with E-state index < -0.39 is 17.2 Å². The Morgan fingerprint density at radius 1 is 1.23 bits per heavy atom. The van der Waals surface area contributed by atoms with Crippen LogP contribution >= 0.6 is 11.3 Å². The van der Waals surface area contributed by atoms with Gasteiger partial charge >= 0.3 is 0 Å². The molecule has 0 radical (unpaired) electrons.